The Balaban J connectivity index is 2.66. The third-order valence-corrected chi connectivity index (χ3v) is 2.46. The number of nitrogens with one attached hydrogen (secondary N) is 2. The third kappa shape index (κ3) is 3.08. The molecule has 0 heterocycles. The number of benzene rings is 1. The number of rotatable bonds is 3. The van der Waals surface area contributed by atoms with E-state index >= 15 is 0 Å². The molecule has 0 bridgehead atoms. The molecular formula is C12H16N2O2. The molecule has 1 rings (SSSR count). The first-order valence-electron chi connectivity index (χ1n) is 5.10. The van der Waals surface area contributed by atoms with Gasteiger partial charge in [-0.3, -0.25) is 9.59 Å². The number of likely N-dealkylation sites (N-methyl/N-ethyl adjacent to an activating group) is 1. The maximum Gasteiger partial charge on any atom is 0.251 e. The Kier molecular flexibility index (Phi) is 4.05. The molecule has 1 aromatic carbocycles. The molecule has 0 unspecified atom stereocenters. The minimum Gasteiger partial charge on any atom is -0.358 e. The van der Waals surface area contributed by atoms with Crippen LogP contribution in [0, 0.1) is 13.8 Å². The predicted molar refractivity (Wildman–Crippen MR) is 62.3 cm³/mol. The van der Waals surface area contributed by atoms with Crippen LogP contribution in [-0.4, -0.2) is 25.4 Å². The van der Waals surface area contributed by atoms with Crippen molar-refractivity contribution in [2.24, 2.45) is 0 Å². The largest absolute Gasteiger partial charge is 0.358 e. The van der Waals surface area contributed by atoms with Crippen molar-refractivity contribution in [3.8, 4) is 0 Å². The average Bonchev–Trinajstić information content (AvgIpc) is 2.29. The van der Waals surface area contributed by atoms with Crippen LogP contribution in [0.25, 0.3) is 0 Å². The summed E-state index contributed by atoms with van der Waals surface area (Å²) in [5.41, 5.74) is 2.78. The van der Waals surface area contributed by atoms with Crippen LogP contribution in [0.1, 0.15) is 21.5 Å². The van der Waals surface area contributed by atoms with E-state index in [1.54, 1.807) is 6.07 Å². The summed E-state index contributed by atoms with van der Waals surface area (Å²) >= 11 is 0. The van der Waals surface area contributed by atoms with Crippen molar-refractivity contribution >= 4 is 11.8 Å². The highest BCUT2D eigenvalue weighted by Crippen LogP contribution is 2.09. The monoisotopic (exact) mass is 220 g/mol. The molecule has 16 heavy (non-hydrogen) atoms. The van der Waals surface area contributed by atoms with Crippen molar-refractivity contribution in [3.63, 3.8) is 0 Å². The lowest BCUT2D eigenvalue weighted by molar-refractivity contribution is -0.119. The molecule has 0 fully saturated rings. The summed E-state index contributed by atoms with van der Waals surface area (Å²) in [5, 5.41) is 4.98. The molecule has 0 saturated carbocycles. The summed E-state index contributed by atoms with van der Waals surface area (Å²) in [4.78, 5) is 22.6. The third-order valence-electron chi connectivity index (χ3n) is 2.46. The number of carbonyl (C=O) groups is 2. The molecule has 2 amide bonds. The first-order chi connectivity index (χ1) is 7.54. The first-order valence-corrected chi connectivity index (χ1v) is 5.10. The molecule has 0 aliphatic carbocycles. The number of hydrogen-bond acceptors (Lipinski definition) is 2. The van der Waals surface area contributed by atoms with Gasteiger partial charge in [0.05, 0.1) is 6.54 Å². The van der Waals surface area contributed by atoms with Crippen LogP contribution in [0.4, 0.5) is 0 Å². The lowest BCUT2D eigenvalue weighted by atomic mass is 10.1. The second-order valence-electron chi connectivity index (χ2n) is 3.65. The van der Waals surface area contributed by atoms with Crippen molar-refractivity contribution in [3.05, 3.63) is 34.9 Å². The smallest absolute Gasteiger partial charge is 0.251 e. The molecule has 0 radical (unpaired) electrons. The zero-order valence-corrected chi connectivity index (χ0v) is 9.76. The molecule has 4 heteroatoms. The highest BCUT2D eigenvalue weighted by Gasteiger charge is 2.07. The molecule has 0 aliphatic rings. The number of aryl methyl sites for hydroxylation is 2. The van der Waals surface area contributed by atoms with Gasteiger partial charge in [-0.05, 0) is 37.1 Å². The van der Waals surface area contributed by atoms with Crippen molar-refractivity contribution < 1.29 is 9.59 Å². The SMILES string of the molecule is CNC(=O)CNC(=O)c1ccc(C)c(C)c1. The van der Waals surface area contributed by atoms with E-state index in [0.29, 0.717) is 5.56 Å². The van der Waals surface area contributed by atoms with Gasteiger partial charge in [-0.1, -0.05) is 6.07 Å². The predicted octanol–water partition coefficient (Wildman–Crippen LogP) is 0.779. The minimum atomic E-state index is -0.230. The Morgan fingerprint density at radius 1 is 1.19 bits per heavy atom. The molecule has 2 N–H and O–H groups in total. The van der Waals surface area contributed by atoms with Gasteiger partial charge >= 0.3 is 0 Å². The van der Waals surface area contributed by atoms with E-state index in [1.807, 2.05) is 26.0 Å². The zero-order valence-electron chi connectivity index (χ0n) is 9.76. The number of amides is 2. The van der Waals surface area contributed by atoms with Gasteiger partial charge in [0.1, 0.15) is 0 Å². The molecule has 4 nitrogen and oxygen atoms in total. The van der Waals surface area contributed by atoms with Crippen LogP contribution in [0.5, 0.6) is 0 Å². The van der Waals surface area contributed by atoms with E-state index in [0.717, 1.165) is 11.1 Å². The maximum atomic E-state index is 11.6. The summed E-state index contributed by atoms with van der Waals surface area (Å²) in [6, 6.07) is 5.46. The lowest BCUT2D eigenvalue weighted by Gasteiger charge is -2.06. The molecule has 1 aromatic rings. The fourth-order valence-corrected chi connectivity index (χ4v) is 1.23. The standard InChI is InChI=1S/C12H16N2O2/c1-8-4-5-10(6-9(8)2)12(16)14-7-11(15)13-3/h4-6H,7H2,1-3H3,(H,13,15)(H,14,16). The Labute approximate surface area is 95.0 Å². The molecule has 86 valence electrons. The Hall–Kier alpha value is -1.84. The average molecular weight is 220 g/mol. The van der Waals surface area contributed by atoms with Gasteiger partial charge in [0.15, 0.2) is 0 Å². The van der Waals surface area contributed by atoms with E-state index in [2.05, 4.69) is 10.6 Å². The fourth-order valence-electron chi connectivity index (χ4n) is 1.23. The Morgan fingerprint density at radius 2 is 1.88 bits per heavy atom. The molecule has 0 saturated heterocycles. The second kappa shape index (κ2) is 5.30. The van der Waals surface area contributed by atoms with Crippen LogP contribution in [0.3, 0.4) is 0 Å². The van der Waals surface area contributed by atoms with E-state index in [9.17, 15) is 9.59 Å². The quantitative estimate of drug-likeness (QED) is 0.790. The van der Waals surface area contributed by atoms with Crippen LogP contribution in [-0.2, 0) is 4.79 Å². The Morgan fingerprint density at radius 3 is 2.44 bits per heavy atom. The topological polar surface area (TPSA) is 58.2 Å². The van der Waals surface area contributed by atoms with Gasteiger partial charge < -0.3 is 10.6 Å². The van der Waals surface area contributed by atoms with E-state index in [1.165, 1.54) is 7.05 Å². The van der Waals surface area contributed by atoms with Gasteiger partial charge in [-0.25, -0.2) is 0 Å². The van der Waals surface area contributed by atoms with E-state index < -0.39 is 0 Å². The van der Waals surface area contributed by atoms with Crippen LogP contribution < -0.4 is 10.6 Å². The van der Waals surface area contributed by atoms with Crippen LogP contribution >= 0.6 is 0 Å². The maximum absolute atomic E-state index is 11.6. The molecule has 0 aliphatic heterocycles. The fraction of sp³-hybridized carbons (Fsp3) is 0.333. The highest BCUT2D eigenvalue weighted by molar-refractivity contribution is 5.96. The summed E-state index contributed by atoms with van der Waals surface area (Å²) in [6.07, 6.45) is 0. The first kappa shape index (κ1) is 12.2. The van der Waals surface area contributed by atoms with E-state index in [4.69, 9.17) is 0 Å². The molecular weight excluding hydrogens is 204 g/mol. The number of carbonyl (C=O) groups excluding carboxylic acids is 2. The van der Waals surface area contributed by atoms with Crippen molar-refractivity contribution in [2.45, 2.75) is 13.8 Å². The second-order valence-corrected chi connectivity index (χ2v) is 3.65. The molecule has 0 spiro atoms. The normalized spacial score (nSPS) is 9.69. The highest BCUT2D eigenvalue weighted by atomic mass is 16.2. The van der Waals surface area contributed by atoms with Gasteiger partial charge in [0.25, 0.3) is 5.91 Å². The van der Waals surface area contributed by atoms with Crippen molar-refractivity contribution in [1.29, 1.82) is 0 Å². The zero-order chi connectivity index (χ0) is 12.1. The molecule has 0 aromatic heterocycles. The van der Waals surface area contributed by atoms with Crippen molar-refractivity contribution in [1.82, 2.24) is 10.6 Å². The summed E-state index contributed by atoms with van der Waals surface area (Å²) in [6.45, 7) is 3.94. The summed E-state index contributed by atoms with van der Waals surface area (Å²) in [7, 11) is 1.53. The van der Waals surface area contributed by atoms with Crippen molar-refractivity contribution in [2.75, 3.05) is 13.6 Å². The van der Waals surface area contributed by atoms with Crippen LogP contribution in [0.2, 0.25) is 0 Å². The van der Waals surface area contributed by atoms with E-state index in [-0.39, 0.29) is 18.4 Å². The Bertz CT molecular complexity index is 413. The van der Waals surface area contributed by atoms with Gasteiger partial charge in [-0.15, -0.1) is 0 Å². The molecule has 0 atom stereocenters. The van der Waals surface area contributed by atoms with Gasteiger partial charge in [0.2, 0.25) is 5.91 Å². The summed E-state index contributed by atoms with van der Waals surface area (Å²) < 4.78 is 0. The summed E-state index contributed by atoms with van der Waals surface area (Å²) in [5.74, 6) is -0.441. The lowest BCUT2D eigenvalue weighted by Crippen LogP contribution is -2.35. The van der Waals surface area contributed by atoms with Gasteiger partial charge in [-0.2, -0.15) is 0 Å². The number of hydrogen-bond donors (Lipinski definition) is 2. The minimum absolute atomic E-state index is 0.00224. The van der Waals surface area contributed by atoms with Gasteiger partial charge in [0, 0.05) is 12.6 Å². The van der Waals surface area contributed by atoms with Crippen LogP contribution in [0.15, 0.2) is 18.2 Å².